The minimum Gasteiger partial charge on any atom is -0.486 e. The molecule has 0 aliphatic carbocycles. The number of oxazole rings is 1. The highest BCUT2D eigenvalue weighted by Crippen LogP contribution is 2.36. The van der Waals surface area contributed by atoms with E-state index in [4.69, 9.17) is 48.9 Å². The van der Waals surface area contributed by atoms with E-state index in [1.54, 1.807) is 24.3 Å². The van der Waals surface area contributed by atoms with Gasteiger partial charge >= 0.3 is 5.97 Å². The minimum atomic E-state index is -1.11. The Kier molecular flexibility index (Phi) is 7.71. The third-order valence-corrected chi connectivity index (χ3v) is 5.37. The van der Waals surface area contributed by atoms with Crippen LogP contribution in [0.2, 0.25) is 10.0 Å². The predicted molar refractivity (Wildman–Crippen MR) is 131 cm³/mol. The van der Waals surface area contributed by atoms with Crippen molar-refractivity contribution in [3.05, 3.63) is 75.8 Å². The molecule has 0 bridgehead atoms. The van der Waals surface area contributed by atoms with Gasteiger partial charge in [-0.3, -0.25) is 4.79 Å². The molecule has 0 spiro atoms. The van der Waals surface area contributed by atoms with Crippen molar-refractivity contribution in [3.63, 3.8) is 0 Å². The van der Waals surface area contributed by atoms with Crippen molar-refractivity contribution in [3.8, 4) is 17.2 Å². The van der Waals surface area contributed by atoms with Crippen LogP contribution < -0.4 is 16.2 Å². The number of nitrogens with zero attached hydrogens (tertiary/aromatic N) is 1. The summed E-state index contributed by atoms with van der Waals surface area (Å²) in [5.74, 6) is -0.368. The van der Waals surface area contributed by atoms with Gasteiger partial charge in [-0.15, -0.1) is 12.4 Å². The minimum absolute atomic E-state index is 0. The van der Waals surface area contributed by atoms with Gasteiger partial charge in [-0.1, -0.05) is 41.4 Å². The quantitative estimate of drug-likeness (QED) is 0.288. The molecule has 1 atom stereocenters. The number of nitrogens with two attached hydrogens (primary N) is 2. The first-order valence-corrected chi connectivity index (χ1v) is 10.4. The summed E-state index contributed by atoms with van der Waals surface area (Å²) in [7, 11) is 0. The fraction of sp³-hybridized carbons (Fsp3) is 0.130. The van der Waals surface area contributed by atoms with Crippen LogP contribution in [0.15, 0.2) is 59.0 Å². The van der Waals surface area contributed by atoms with E-state index >= 15 is 0 Å². The zero-order chi connectivity index (χ0) is 22.8. The van der Waals surface area contributed by atoms with E-state index in [2.05, 4.69) is 4.98 Å². The lowest BCUT2D eigenvalue weighted by Crippen LogP contribution is -2.32. The van der Waals surface area contributed by atoms with Crippen molar-refractivity contribution >= 4 is 58.4 Å². The first kappa shape index (κ1) is 24.7. The molecule has 10 heteroatoms. The Bertz CT molecular complexity index is 1270. The van der Waals surface area contributed by atoms with E-state index in [-0.39, 0.29) is 41.2 Å². The Labute approximate surface area is 205 Å². The molecule has 5 N–H and O–H groups in total. The summed E-state index contributed by atoms with van der Waals surface area (Å²) >= 11 is 12.7. The van der Waals surface area contributed by atoms with Crippen LogP contribution in [-0.2, 0) is 17.8 Å². The predicted octanol–water partition coefficient (Wildman–Crippen LogP) is 5.34. The second-order valence-corrected chi connectivity index (χ2v) is 8.05. The monoisotopic (exact) mass is 507 g/mol. The van der Waals surface area contributed by atoms with Gasteiger partial charge in [0.1, 0.15) is 18.2 Å². The van der Waals surface area contributed by atoms with E-state index in [1.165, 1.54) is 0 Å². The van der Waals surface area contributed by atoms with Gasteiger partial charge in [-0.05, 0) is 48.4 Å². The Morgan fingerprint density at radius 3 is 2.42 bits per heavy atom. The molecular formula is C23H20Cl3N3O4. The molecule has 1 heterocycles. The molecule has 33 heavy (non-hydrogen) atoms. The van der Waals surface area contributed by atoms with Crippen LogP contribution in [-0.4, -0.2) is 22.1 Å². The summed E-state index contributed by atoms with van der Waals surface area (Å²) < 4.78 is 11.9. The lowest BCUT2D eigenvalue weighted by Gasteiger charge is -2.13. The number of fused-ring (bicyclic) bond motifs is 1. The van der Waals surface area contributed by atoms with Gasteiger partial charge in [0.05, 0.1) is 10.0 Å². The van der Waals surface area contributed by atoms with Crippen molar-refractivity contribution in [1.82, 2.24) is 4.98 Å². The van der Waals surface area contributed by atoms with Gasteiger partial charge in [0, 0.05) is 16.8 Å². The maximum absolute atomic E-state index is 11.0. The molecule has 1 aromatic heterocycles. The zero-order valence-corrected chi connectivity index (χ0v) is 19.5. The molecule has 0 aliphatic rings. The van der Waals surface area contributed by atoms with Gasteiger partial charge < -0.3 is 25.7 Å². The van der Waals surface area contributed by atoms with Crippen molar-refractivity contribution in [2.75, 3.05) is 5.73 Å². The van der Waals surface area contributed by atoms with Crippen LogP contribution in [0, 0.1) is 0 Å². The number of aliphatic carboxylic acids is 1. The number of carboxylic acids is 1. The Balaban J connectivity index is 0.00000306. The van der Waals surface area contributed by atoms with Gasteiger partial charge in [0.25, 0.3) is 0 Å². The molecule has 0 radical (unpaired) electrons. The molecule has 7 nitrogen and oxygen atoms in total. The van der Waals surface area contributed by atoms with Gasteiger partial charge in [0.2, 0.25) is 5.89 Å². The second-order valence-electron chi connectivity index (χ2n) is 7.24. The number of anilines is 1. The SMILES string of the molecule is Cl.Nc1cc(COc2c(Cl)cc(CC(N)C(=O)O)cc2Cl)c2oc(-c3ccccc3)nc2c1. The Morgan fingerprint density at radius 1 is 1.12 bits per heavy atom. The first-order chi connectivity index (χ1) is 15.3. The fourth-order valence-corrected chi connectivity index (χ4v) is 3.94. The van der Waals surface area contributed by atoms with Crippen LogP contribution in [0.5, 0.6) is 5.75 Å². The summed E-state index contributed by atoms with van der Waals surface area (Å²) in [5, 5.41) is 9.48. The van der Waals surface area contributed by atoms with Crippen molar-refractivity contribution < 1.29 is 19.1 Å². The molecule has 0 saturated carbocycles. The molecule has 0 fully saturated rings. The first-order valence-electron chi connectivity index (χ1n) is 9.65. The van der Waals surface area contributed by atoms with Crippen molar-refractivity contribution in [2.45, 2.75) is 19.1 Å². The molecular weight excluding hydrogens is 489 g/mol. The summed E-state index contributed by atoms with van der Waals surface area (Å²) in [6.45, 7) is 0.0817. The molecule has 172 valence electrons. The number of benzene rings is 3. The van der Waals surface area contributed by atoms with Crippen LogP contribution in [0.4, 0.5) is 5.69 Å². The Hall–Kier alpha value is -2.97. The van der Waals surface area contributed by atoms with E-state index in [0.717, 1.165) is 5.56 Å². The van der Waals surface area contributed by atoms with Crippen molar-refractivity contribution in [1.29, 1.82) is 0 Å². The number of rotatable bonds is 7. The molecule has 0 saturated heterocycles. The number of aromatic nitrogens is 1. The highest BCUT2D eigenvalue weighted by Gasteiger charge is 2.18. The number of halogens is 3. The summed E-state index contributed by atoms with van der Waals surface area (Å²) in [4.78, 5) is 15.5. The Morgan fingerprint density at radius 2 is 1.79 bits per heavy atom. The van der Waals surface area contributed by atoms with Gasteiger partial charge in [0.15, 0.2) is 11.3 Å². The molecule has 0 aliphatic heterocycles. The third-order valence-electron chi connectivity index (χ3n) is 4.81. The largest absolute Gasteiger partial charge is 0.486 e. The molecule has 0 amide bonds. The molecule has 3 aromatic carbocycles. The van der Waals surface area contributed by atoms with Gasteiger partial charge in [-0.2, -0.15) is 0 Å². The molecule has 4 rings (SSSR count). The summed E-state index contributed by atoms with van der Waals surface area (Å²) in [6, 6.07) is 15.1. The summed E-state index contributed by atoms with van der Waals surface area (Å²) in [6.07, 6.45) is 0.0885. The summed E-state index contributed by atoms with van der Waals surface area (Å²) in [5.41, 5.74) is 15.4. The zero-order valence-electron chi connectivity index (χ0n) is 17.1. The van der Waals surface area contributed by atoms with Crippen LogP contribution >= 0.6 is 35.6 Å². The maximum atomic E-state index is 11.0. The molecule has 4 aromatic rings. The number of carbonyl (C=O) groups is 1. The number of ether oxygens (including phenoxy) is 1. The smallest absolute Gasteiger partial charge is 0.320 e. The lowest BCUT2D eigenvalue weighted by atomic mass is 10.1. The van der Waals surface area contributed by atoms with Crippen LogP contribution in [0.1, 0.15) is 11.1 Å². The number of hydrogen-bond donors (Lipinski definition) is 3. The number of hydrogen-bond acceptors (Lipinski definition) is 6. The number of nitrogen functional groups attached to an aromatic ring is 1. The second kappa shape index (κ2) is 10.3. The molecule has 1 unspecified atom stereocenters. The van der Waals surface area contributed by atoms with Crippen LogP contribution in [0.25, 0.3) is 22.6 Å². The third kappa shape index (κ3) is 5.51. The lowest BCUT2D eigenvalue weighted by molar-refractivity contribution is -0.138. The van der Waals surface area contributed by atoms with E-state index in [9.17, 15) is 4.79 Å². The number of carboxylic acid groups (broad SMARTS) is 1. The van der Waals surface area contributed by atoms with Crippen molar-refractivity contribution in [2.24, 2.45) is 5.73 Å². The highest BCUT2D eigenvalue weighted by atomic mass is 35.5. The van der Waals surface area contributed by atoms with Crippen LogP contribution in [0.3, 0.4) is 0 Å². The average Bonchev–Trinajstić information content (AvgIpc) is 3.17. The van der Waals surface area contributed by atoms with E-state index < -0.39 is 12.0 Å². The maximum Gasteiger partial charge on any atom is 0.320 e. The highest BCUT2D eigenvalue weighted by molar-refractivity contribution is 6.37. The standard InChI is InChI=1S/C23H19Cl2N3O4.ClH/c24-16-6-12(8-18(27)23(29)30)7-17(25)21(16)31-11-14-9-15(26)10-19-20(14)32-22(28-19)13-4-2-1-3-5-13;/h1-7,9-10,18H,8,11,26-27H2,(H,29,30);1H. The van der Waals surface area contributed by atoms with Gasteiger partial charge in [-0.25, -0.2) is 4.98 Å². The average molecular weight is 509 g/mol. The topological polar surface area (TPSA) is 125 Å². The normalized spacial score (nSPS) is 11.7. The van der Waals surface area contributed by atoms with E-state index in [1.807, 2.05) is 30.3 Å². The fourth-order valence-electron chi connectivity index (χ4n) is 3.30. The van der Waals surface area contributed by atoms with E-state index in [0.29, 0.717) is 33.8 Å².